The summed E-state index contributed by atoms with van der Waals surface area (Å²) >= 11 is 0. The van der Waals surface area contributed by atoms with E-state index >= 15 is 0 Å². The molecule has 1 amide bonds. The van der Waals surface area contributed by atoms with Crippen molar-refractivity contribution in [2.45, 2.75) is 13.5 Å². The summed E-state index contributed by atoms with van der Waals surface area (Å²) in [5.74, 6) is 0.346. The van der Waals surface area contributed by atoms with E-state index in [9.17, 15) is 9.59 Å². The first-order valence-electron chi connectivity index (χ1n) is 10.5. The average molecular weight is 466 g/mol. The Balaban J connectivity index is 1.62. The molecule has 0 heterocycles. The van der Waals surface area contributed by atoms with Gasteiger partial charge in [0.2, 0.25) is 5.75 Å². The van der Waals surface area contributed by atoms with Crippen LogP contribution in [0, 0.1) is 6.92 Å². The highest BCUT2D eigenvalue weighted by atomic mass is 16.5. The number of anilines is 1. The van der Waals surface area contributed by atoms with Crippen LogP contribution in [0.1, 0.15) is 21.5 Å². The first kappa shape index (κ1) is 24.4. The van der Waals surface area contributed by atoms with Crippen molar-refractivity contribution in [3.63, 3.8) is 0 Å². The molecular formula is C26H27NO7. The summed E-state index contributed by atoms with van der Waals surface area (Å²) in [6, 6.07) is 17.8. The van der Waals surface area contributed by atoms with Gasteiger partial charge in [-0.05, 0) is 24.6 Å². The van der Waals surface area contributed by atoms with E-state index in [1.807, 2.05) is 31.2 Å². The fourth-order valence-electron chi connectivity index (χ4n) is 3.28. The molecule has 34 heavy (non-hydrogen) atoms. The van der Waals surface area contributed by atoms with Crippen LogP contribution in [-0.4, -0.2) is 39.8 Å². The van der Waals surface area contributed by atoms with Gasteiger partial charge in [-0.3, -0.25) is 4.79 Å². The lowest BCUT2D eigenvalue weighted by Crippen LogP contribution is -2.21. The first-order chi connectivity index (χ1) is 16.4. The third kappa shape index (κ3) is 6.19. The Bertz CT molecular complexity index is 1130. The summed E-state index contributed by atoms with van der Waals surface area (Å²) < 4.78 is 26.9. The van der Waals surface area contributed by atoms with Crippen molar-refractivity contribution < 1.29 is 33.3 Å². The number of nitrogens with one attached hydrogen (secondary N) is 1. The van der Waals surface area contributed by atoms with E-state index in [0.717, 1.165) is 11.1 Å². The molecule has 0 atom stereocenters. The molecule has 3 rings (SSSR count). The van der Waals surface area contributed by atoms with E-state index in [4.69, 9.17) is 23.7 Å². The van der Waals surface area contributed by atoms with Crippen LogP contribution in [0.2, 0.25) is 0 Å². The van der Waals surface area contributed by atoms with Crippen LogP contribution < -0.4 is 24.3 Å². The Morgan fingerprint density at radius 3 is 2.18 bits per heavy atom. The van der Waals surface area contributed by atoms with E-state index in [1.165, 1.54) is 21.3 Å². The summed E-state index contributed by atoms with van der Waals surface area (Å²) in [7, 11) is 4.44. The zero-order chi connectivity index (χ0) is 24.5. The normalized spacial score (nSPS) is 10.2. The second kappa shape index (κ2) is 11.6. The summed E-state index contributed by atoms with van der Waals surface area (Å²) in [6.45, 7) is 1.81. The van der Waals surface area contributed by atoms with Crippen molar-refractivity contribution in [3.05, 3.63) is 77.4 Å². The number of methoxy groups -OCH3 is 3. The Hall–Kier alpha value is -4.20. The minimum atomic E-state index is -0.667. The van der Waals surface area contributed by atoms with Crippen LogP contribution in [-0.2, 0) is 16.1 Å². The number of esters is 1. The number of hydrogen-bond donors (Lipinski definition) is 1. The van der Waals surface area contributed by atoms with Crippen LogP contribution in [0.25, 0.3) is 0 Å². The van der Waals surface area contributed by atoms with E-state index in [1.54, 1.807) is 36.4 Å². The van der Waals surface area contributed by atoms with Crippen molar-refractivity contribution in [2.75, 3.05) is 33.3 Å². The van der Waals surface area contributed by atoms with Gasteiger partial charge >= 0.3 is 5.97 Å². The Morgan fingerprint density at radius 1 is 0.824 bits per heavy atom. The molecule has 0 radical (unpaired) electrons. The van der Waals surface area contributed by atoms with Gasteiger partial charge in [0.05, 0.1) is 21.3 Å². The van der Waals surface area contributed by atoms with Crippen LogP contribution >= 0.6 is 0 Å². The van der Waals surface area contributed by atoms with Gasteiger partial charge in [-0.15, -0.1) is 0 Å². The number of benzene rings is 3. The Labute approximate surface area is 198 Å². The van der Waals surface area contributed by atoms with Gasteiger partial charge in [0.1, 0.15) is 17.9 Å². The zero-order valence-electron chi connectivity index (χ0n) is 19.5. The molecular weight excluding hydrogens is 438 g/mol. The Morgan fingerprint density at radius 2 is 1.53 bits per heavy atom. The number of carbonyl (C=O) groups is 2. The van der Waals surface area contributed by atoms with E-state index in [2.05, 4.69) is 5.32 Å². The molecule has 3 aromatic carbocycles. The van der Waals surface area contributed by atoms with Gasteiger partial charge in [0.25, 0.3) is 5.91 Å². The third-order valence-corrected chi connectivity index (χ3v) is 4.87. The lowest BCUT2D eigenvalue weighted by Gasteiger charge is -2.15. The predicted octanol–water partition coefficient (Wildman–Crippen LogP) is 4.40. The smallest absolute Gasteiger partial charge is 0.342 e. The predicted molar refractivity (Wildman–Crippen MR) is 127 cm³/mol. The number of amides is 1. The summed E-state index contributed by atoms with van der Waals surface area (Å²) in [5.41, 5.74) is 2.73. The van der Waals surface area contributed by atoms with Crippen LogP contribution in [0.3, 0.4) is 0 Å². The van der Waals surface area contributed by atoms with Crippen molar-refractivity contribution in [2.24, 2.45) is 0 Å². The highest BCUT2D eigenvalue weighted by Crippen LogP contribution is 2.39. The van der Waals surface area contributed by atoms with E-state index < -0.39 is 18.5 Å². The molecule has 0 saturated carbocycles. The molecule has 0 saturated heterocycles. The molecule has 1 N–H and O–H groups in total. The first-order valence-corrected chi connectivity index (χ1v) is 10.5. The highest BCUT2D eigenvalue weighted by molar-refractivity contribution is 5.97. The molecule has 178 valence electrons. The monoisotopic (exact) mass is 465 g/mol. The highest BCUT2D eigenvalue weighted by Gasteiger charge is 2.17. The largest absolute Gasteiger partial charge is 0.493 e. The minimum absolute atomic E-state index is 0.232. The number of aryl methyl sites for hydroxylation is 1. The maximum Gasteiger partial charge on any atom is 0.342 e. The number of carbonyl (C=O) groups excluding carboxylic acids is 2. The zero-order valence-corrected chi connectivity index (χ0v) is 19.5. The molecule has 0 spiro atoms. The summed E-state index contributed by atoms with van der Waals surface area (Å²) in [4.78, 5) is 25.0. The molecule has 8 nitrogen and oxygen atoms in total. The van der Waals surface area contributed by atoms with E-state index in [-0.39, 0.29) is 5.56 Å². The van der Waals surface area contributed by atoms with Gasteiger partial charge in [0.15, 0.2) is 18.1 Å². The van der Waals surface area contributed by atoms with E-state index in [0.29, 0.717) is 35.3 Å². The maximum absolute atomic E-state index is 12.6. The number of ether oxygens (including phenoxy) is 5. The molecule has 0 aromatic heterocycles. The van der Waals surface area contributed by atoms with Crippen molar-refractivity contribution >= 4 is 17.6 Å². The van der Waals surface area contributed by atoms with Crippen molar-refractivity contribution in [3.8, 4) is 23.0 Å². The third-order valence-electron chi connectivity index (χ3n) is 4.87. The topological polar surface area (TPSA) is 92.3 Å². The molecule has 0 bridgehead atoms. The second-order valence-electron chi connectivity index (χ2n) is 7.31. The van der Waals surface area contributed by atoms with Gasteiger partial charge in [-0.1, -0.05) is 42.0 Å². The quantitative estimate of drug-likeness (QED) is 0.444. The SMILES string of the molecule is COc1cc(NC(=O)COC(=O)c2ccccc2OCc2cccc(C)c2)cc(OC)c1OC. The fourth-order valence-corrected chi connectivity index (χ4v) is 3.28. The standard InChI is InChI=1S/C26H27NO7/c1-17-8-7-9-18(12-17)15-33-21-11-6-5-10-20(21)26(29)34-16-24(28)27-19-13-22(30-2)25(32-4)23(14-19)31-3/h5-14H,15-16H2,1-4H3,(H,27,28). The maximum atomic E-state index is 12.6. The van der Waals surface area contributed by atoms with Crippen molar-refractivity contribution in [1.29, 1.82) is 0 Å². The minimum Gasteiger partial charge on any atom is -0.493 e. The van der Waals surface area contributed by atoms with Crippen LogP contribution in [0.5, 0.6) is 23.0 Å². The average Bonchev–Trinajstić information content (AvgIpc) is 2.85. The number of hydrogen-bond acceptors (Lipinski definition) is 7. The van der Waals surface area contributed by atoms with Crippen molar-refractivity contribution in [1.82, 2.24) is 0 Å². The van der Waals surface area contributed by atoms with Gasteiger partial charge in [-0.2, -0.15) is 0 Å². The number of rotatable bonds is 10. The molecule has 8 heteroatoms. The van der Waals surface area contributed by atoms with Gasteiger partial charge in [0, 0.05) is 17.8 Å². The number of para-hydroxylation sites is 1. The van der Waals surface area contributed by atoms with Crippen LogP contribution in [0.4, 0.5) is 5.69 Å². The summed E-state index contributed by atoms with van der Waals surface area (Å²) in [6.07, 6.45) is 0. The van der Waals surface area contributed by atoms with Crippen LogP contribution in [0.15, 0.2) is 60.7 Å². The van der Waals surface area contributed by atoms with Gasteiger partial charge < -0.3 is 29.0 Å². The Kier molecular flexibility index (Phi) is 8.34. The molecule has 0 aliphatic rings. The molecule has 0 aliphatic heterocycles. The second-order valence-corrected chi connectivity index (χ2v) is 7.31. The fraction of sp³-hybridized carbons (Fsp3) is 0.231. The lowest BCUT2D eigenvalue weighted by atomic mass is 10.1. The van der Waals surface area contributed by atoms with Gasteiger partial charge in [-0.25, -0.2) is 4.79 Å². The molecule has 0 aliphatic carbocycles. The molecule has 0 unspecified atom stereocenters. The molecule has 0 fully saturated rings. The summed E-state index contributed by atoms with van der Waals surface area (Å²) in [5, 5.41) is 2.65. The lowest BCUT2D eigenvalue weighted by molar-refractivity contribution is -0.119. The molecule has 3 aromatic rings.